The van der Waals surface area contributed by atoms with Crippen LogP contribution in [0.15, 0.2) is 36.4 Å². The Bertz CT molecular complexity index is 825. The molecule has 1 aliphatic heterocycles. The van der Waals surface area contributed by atoms with Gasteiger partial charge in [0.25, 0.3) is 0 Å². The zero-order valence-corrected chi connectivity index (χ0v) is 13.7. The van der Waals surface area contributed by atoms with Crippen LogP contribution in [0.4, 0.5) is 26.2 Å². The maximum Gasteiger partial charge on any atom is 0.326 e. The summed E-state index contributed by atoms with van der Waals surface area (Å²) in [6.07, 6.45) is 0.669. The predicted octanol–water partition coefficient (Wildman–Crippen LogP) is 4.03. The van der Waals surface area contributed by atoms with Crippen LogP contribution in [0.25, 0.3) is 0 Å². The van der Waals surface area contributed by atoms with Crippen molar-refractivity contribution >= 4 is 40.6 Å². The molecule has 3 amide bonds. The van der Waals surface area contributed by atoms with Crippen molar-refractivity contribution in [3.05, 3.63) is 52.8 Å². The molecule has 24 heavy (non-hydrogen) atoms. The highest BCUT2D eigenvalue weighted by Crippen LogP contribution is 2.31. The van der Waals surface area contributed by atoms with E-state index in [1.807, 2.05) is 0 Å². The standard InChI is InChI=1S/C17H15ClFN3O2/c1-10(23)20-13-4-5-14(18)15(9-13)21-17(24)22-7-6-11-2-3-12(19)8-16(11)22/h2-5,8-9H,6-7H2,1H3,(H,20,23)(H,21,24). The molecule has 0 spiro atoms. The van der Waals surface area contributed by atoms with Gasteiger partial charge in [0, 0.05) is 19.2 Å². The van der Waals surface area contributed by atoms with Crippen molar-refractivity contribution in [1.29, 1.82) is 0 Å². The van der Waals surface area contributed by atoms with Crippen molar-refractivity contribution in [2.75, 3.05) is 22.1 Å². The van der Waals surface area contributed by atoms with Crippen LogP contribution in [-0.2, 0) is 11.2 Å². The number of fused-ring (bicyclic) bond motifs is 1. The van der Waals surface area contributed by atoms with E-state index in [9.17, 15) is 14.0 Å². The maximum absolute atomic E-state index is 13.4. The smallest absolute Gasteiger partial charge is 0.326 e. The second kappa shape index (κ2) is 6.49. The van der Waals surface area contributed by atoms with Gasteiger partial charge in [-0.3, -0.25) is 9.69 Å². The van der Waals surface area contributed by atoms with Gasteiger partial charge in [0.15, 0.2) is 0 Å². The van der Waals surface area contributed by atoms with Gasteiger partial charge in [-0.15, -0.1) is 0 Å². The molecule has 1 heterocycles. The lowest BCUT2D eigenvalue weighted by Gasteiger charge is -2.19. The quantitative estimate of drug-likeness (QED) is 0.861. The molecule has 3 rings (SSSR count). The van der Waals surface area contributed by atoms with E-state index in [2.05, 4.69) is 10.6 Å². The lowest BCUT2D eigenvalue weighted by molar-refractivity contribution is -0.114. The number of nitrogens with one attached hydrogen (secondary N) is 2. The second-order valence-electron chi connectivity index (χ2n) is 5.48. The molecule has 0 aliphatic carbocycles. The van der Waals surface area contributed by atoms with E-state index >= 15 is 0 Å². The Kier molecular flexibility index (Phi) is 4.40. The first-order chi connectivity index (χ1) is 11.4. The molecule has 0 aromatic heterocycles. The normalized spacial score (nSPS) is 12.7. The number of amides is 3. The zero-order valence-electron chi connectivity index (χ0n) is 12.9. The van der Waals surface area contributed by atoms with Gasteiger partial charge in [-0.1, -0.05) is 17.7 Å². The van der Waals surface area contributed by atoms with Gasteiger partial charge < -0.3 is 10.6 Å². The molecular formula is C17H15ClFN3O2. The van der Waals surface area contributed by atoms with Gasteiger partial charge in [-0.2, -0.15) is 0 Å². The van der Waals surface area contributed by atoms with Crippen LogP contribution in [0, 0.1) is 5.82 Å². The molecule has 0 radical (unpaired) electrons. The van der Waals surface area contributed by atoms with Gasteiger partial charge in [0.1, 0.15) is 5.82 Å². The highest BCUT2D eigenvalue weighted by Gasteiger charge is 2.25. The molecule has 7 heteroatoms. The Hall–Kier alpha value is -2.60. The van der Waals surface area contributed by atoms with E-state index in [1.54, 1.807) is 24.3 Å². The number of carbonyl (C=O) groups is 2. The third kappa shape index (κ3) is 3.33. The van der Waals surface area contributed by atoms with Crippen LogP contribution in [0.2, 0.25) is 5.02 Å². The third-order valence-corrected chi connectivity index (χ3v) is 4.05. The average molecular weight is 348 g/mol. The summed E-state index contributed by atoms with van der Waals surface area (Å²) in [5, 5.41) is 5.68. The number of rotatable bonds is 2. The molecule has 0 atom stereocenters. The first-order valence-corrected chi connectivity index (χ1v) is 7.76. The summed E-state index contributed by atoms with van der Waals surface area (Å²) in [7, 11) is 0. The van der Waals surface area contributed by atoms with E-state index < -0.39 is 6.03 Å². The number of urea groups is 1. The lowest BCUT2D eigenvalue weighted by atomic mass is 10.2. The molecule has 5 nitrogen and oxygen atoms in total. The first-order valence-electron chi connectivity index (χ1n) is 7.38. The fraction of sp³-hybridized carbons (Fsp3) is 0.176. The number of anilines is 3. The number of carbonyl (C=O) groups excluding carboxylic acids is 2. The summed E-state index contributed by atoms with van der Waals surface area (Å²) < 4.78 is 13.4. The Morgan fingerprint density at radius 1 is 1.17 bits per heavy atom. The van der Waals surface area contributed by atoms with Gasteiger partial charge in [0.05, 0.1) is 16.4 Å². The van der Waals surface area contributed by atoms with E-state index in [-0.39, 0.29) is 11.7 Å². The molecule has 1 aliphatic rings. The summed E-state index contributed by atoms with van der Waals surface area (Å²) in [5.74, 6) is -0.613. The third-order valence-electron chi connectivity index (χ3n) is 3.72. The zero-order chi connectivity index (χ0) is 17.3. The monoisotopic (exact) mass is 347 g/mol. The Balaban J connectivity index is 1.81. The minimum absolute atomic E-state index is 0.224. The molecule has 0 fully saturated rings. The van der Waals surface area contributed by atoms with E-state index in [0.717, 1.165) is 5.56 Å². The number of benzene rings is 2. The number of halogens is 2. The number of nitrogens with zero attached hydrogens (tertiary/aromatic N) is 1. The fourth-order valence-electron chi connectivity index (χ4n) is 2.65. The van der Waals surface area contributed by atoms with Crippen molar-refractivity contribution in [2.24, 2.45) is 0 Å². The van der Waals surface area contributed by atoms with Crippen molar-refractivity contribution in [1.82, 2.24) is 0 Å². The van der Waals surface area contributed by atoms with Crippen molar-refractivity contribution < 1.29 is 14.0 Å². The molecule has 2 aromatic rings. The van der Waals surface area contributed by atoms with Crippen LogP contribution in [0.5, 0.6) is 0 Å². The van der Waals surface area contributed by atoms with E-state index in [0.29, 0.717) is 35.1 Å². The average Bonchev–Trinajstić information content (AvgIpc) is 2.93. The van der Waals surface area contributed by atoms with Crippen LogP contribution < -0.4 is 15.5 Å². The molecule has 0 bridgehead atoms. The summed E-state index contributed by atoms with van der Waals surface area (Å²) in [5.41, 5.74) is 2.37. The molecule has 2 N–H and O–H groups in total. The Morgan fingerprint density at radius 3 is 2.71 bits per heavy atom. The molecule has 124 valence electrons. The minimum atomic E-state index is -0.402. The SMILES string of the molecule is CC(=O)Nc1ccc(Cl)c(NC(=O)N2CCc3ccc(F)cc32)c1. The number of hydrogen-bond acceptors (Lipinski definition) is 2. The highest BCUT2D eigenvalue weighted by atomic mass is 35.5. The van der Waals surface area contributed by atoms with Gasteiger partial charge >= 0.3 is 6.03 Å². The molecule has 0 unspecified atom stereocenters. The largest absolute Gasteiger partial charge is 0.326 e. The lowest BCUT2D eigenvalue weighted by Crippen LogP contribution is -2.33. The highest BCUT2D eigenvalue weighted by molar-refractivity contribution is 6.34. The van der Waals surface area contributed by atoms with Gasteiger partial charge in [-0.25, -0.2) is 9.18 Å². The molecule has 2 aromatic carbocycles. The van der Waals surface area contributed by atoms with Crippen LogP contribution in [0.1, 0.15) is 12.5 Å². The maximum atomic E-state index is 13.4. The topological polar surface area (TPSA) is 61.4 Å². The Labute approximate surface area is 143 Å². The van der Waals surface area contributed by atoms with Crippen molar-refractivity contribution in [3.63, 3.8) is 0 Å². The molecular weight excluding hydrogens is 333 g/mol. The summed E-state index contributed by atoms with van der Waals surface area (Å²) >= 11 is 6.10. The Morgan fingerprint density at radius 2 is 1.96 bits per heavy atom. The van der Waals surface area contributed by atoms with Crippen LogP contribution >= 0.6 is 11.6 Å². The van der Waals surface area contributed by atoms with Crippen LogP contribution in [0.3, 0.4) is 0 Å². The first kappa shape index (κ1) is 16.3. The molecule has 0 saturated carbocycles. The summed E-state index contributed by atoms with van der Waals surface area (Å²) in [4.78, 5) is 25.1. The van der Waals surface area contributed by atoms with Crippen molar-refractivity contribution in [2.45, 2.75) is 13.3 Å². The fourth-order valence-corrected chi connectivity index (χ4v) is 2.81. The van der Waals surface area contributed by atoms with Crippen LogP contribution in [-0.4, -0.2) is 18.5 Å². The number of hydrogen-bond donors (Lipinski definition) is 2. The van der Waals surface area contributed by atoms with Crippen molar-refractivity contribution in [3.8, 4) is 0 Å². The summed E-state index contributed by atoms with van der Waals surface area (Å²) in [6, 6.07) is 8.80. The summed E-state index contributed by atoms with van der Waals surface area (Å²) in [6.45, 7) is 1.86. The van der Waals surface area contributed by atoms with E-state index in [1.165, 1.54) is 24.0 Å². The van der Waals surface area contributed by atoms with E-state index in [4.69, 9.17) is 11.6 Å². The second-order valence-corrected chi connectivity index (χ2v) is 5.89. The minimum Gasteiger partial charge on any atom is -0.326 e. The molecule has 0 saturated heterocycles. The predicted molar refractivity (Wildman–Crippen MR) is 92.2 cm³/mol. The van der Waals surface area contributed by atoms with Gasteiger partial charge in [-0.05, 0) is 42.3 Å². The van der Waals surface area contributed by atoms with Gasteiger partial charge in [0.2, 0.25) is 5.91 Å².